The second-order valence-electron chi connectivity index (χ2n) is 6.54. The predicted molar refractivity (Wildman–Crippen MR) is 99.1 cm³/mol. The fourth-order valence-corrected chi connectivity index (χ4v) is 3.59. The van der Waals surface area contributed by atoms with Crippen LogP contribution in [0.1, 0.15) is 28.8 Å². The van der Waals surface area contributed by atoms with Crippen LogP contribution < -0.4 is 10.3 Å². The lowest BCUT2D eigenvalue weighted by Gasteiger charge is -2.18. The van der Waals surface area contributed by atoms with Crippen molar-refractivity contribution in [2.45, 2.75) is 19.4 Å². The molecule has 1 aliphatic heterocycles. The van der Waals surface area contributed by atoms with Crippen molar-refractivity contribution in [3.05, 3.63) is 64.1 Å². The van der Waals surface area contributed by atoms with E-state index in [4.69, 9.17) is 4.74 Å². The average Bonchev–Trinajstić information content (AvgIpc) is 3.12. The summed E-state index contributed by atoms with van der Waals surface area (Å²) in [6.07, 6.45) is 1.58. The summed E-state index contributed by atoms with van der Waals surface area (Å²) >= 11 is 0. The van der Waals surface area contributed by atoms with Gasteiger partial charge in [-0.2, -0.15) is 0 Å². The van der Waals surface area contributed by atoms with Crippen LogP contribution in [0, 0.1) is 5.92 Å². The van der Waals surface area contributed by atoms with Crippen molar-refractivity contribution >= 4 is 11.9 Å². The number of aromatic nitrogens is 1. The number of carbonyl (C=O) groups excluding carboxylic acids is 1. The van der Waals surface area contributed by atoms with Gasteiger partial charge >= 0.3 is 5.97 Å². The molecule has 0 spiro atoms. The molecule has 1 saturated heterocycles. The van der Waals surface area contributed by atoms with Gasteiger partial charge in [0, 0.05) is 43.4 Å². The summed E-state index contributed by atoms with van der Waals surface area (Å²) in [4.78, 5) is 38.2. The number of aliphatic carboxylic acids is 1. The third kappa shape index (κ3) is 3.58. The molecule has 7 nitrogen and oxygen atoms in total. The Kier molecular flexibility index (Phi) is 5.30. The Bertz CT molecular complexity index is 921. The van der Waals surface area contributed by atoms with Crippen molar-refractivity contribution < 1.29 is 19.4 Å². The molecule has 2 aromatic rings. The van der Waals surface area contributed by atoms with Gasteiger partial charge in [-0.05, 0) is 24.6 Å². The lowest BCUT2D eigenvalue weighted by atomic mass is 9.88. The summed E-state index contributed by atoms with van der Waals surface area (Å²) in [6, 6.07) is 10.2. The van der Waals surface area contributed by atoms with E-state index < -0.39 is 11.9 Å². The van der Waals surface area contributed by atoms with E-state index in [2.05, 4.69) is 0 Å². The van der Waals surface area contributed by atoms with Gasteiger partial charge in [-0.15, -0.1) is 0 Å². The molecule has 0 unspecified atom stereocenters. The zero-order valence-electron chi connectivity index (χ0n) is 15.3. The smallest absolute Gasteiger partial charge is 0.308 e. The van der Waals surface area contributed by atoms with E-state index in [0.717, 1.165) is 5.56 Å². The van der Waals surface area contributed by atoms with Gasteiger partial charge in [-0.3, -0.25) is 14.4 Å². The normalized spacial score (nSPS) is 19.1. The molecule has 2 heterocycles. The van der Waals surface area contributed by atoms with Crippen LogP contribution in [0.15, 0.2) is 47.4 Å². The molecular formula is C20H22N2O5. The molecule has 1 amide bonds. The van der Waals surface area contributed by atoms with Crippen molar-refractivity contribution in [3.8, 4) is 5.75 Å². The maximum atomic E-state index is 12.9. The number of likely N-dealkylation sites (tertiary alicyclic amines) is 1. The molecule has 1 N–H and O–H groups in total. The lowest BCUT2D eigenvalue weighted by Crippen LogP contribution is -2.31. The summed E-state index contributed by atoms with van der Waals surface area (Å²) in [5, 5.41) is 9.66. The number of hydrogen-bond donors (Lipinski definition) is 1. The van der Waals surface area contributed by atoms with E-state index in [1.807, 2.05) is 25.1 Å². The molecule has 1 aromatic heterocycles. The third-order valence-corrected chi connectivity index (χ3v) is 5.05. The zero-order chi connectivity index (χ0) is 19.6. The number of carboxylic acid groups (broad SMARTS) is 1. The quantitative estimate of drug-likeness (QED) is 0.867. The fraction of sp³-hybridized carbons (Fsp3) is 0.350. The van der Waals surface area contributed by atoms with Crippen LogP contribution >= 0.6 is 0 Å². The van der Waals surface area contributed by atoms with Crippen molar-refractivity contribution in [2.24, 2.45) is 5.92 Å². The molecule has 0 saturated carbocycles. The van der Waals surface area contributed by atoms with Crippen molar-refractivity contribution in [2.75, 3.05) is 20.2 Å². The Morgan fingerprint density at radius 3 is 2.59 bits per heavy atom. The van der Waals surface area contributed by atoms with Gasteiger partial charge in [0.1, 0.15) is 5.75 Å². The molecule has 1 aliphatic rings. The number of nitrogens with zero attached hydrogens (tertiary/aromatic N) is 2. The van der Waals surface area contributed by atoms with Gasteiger partial charge < -0.3 is 19.3 Å². The van der Waals surface area contributed by atoms with E-state index in [9.17, 15) is 19.5 Å². The highest BCUT2D eigenvalue weighted by Gasteiger charge is 2.41. The summed E-state index contributed by atoms with van der Waals surface area (Å²) in [7, 11) is 1.54. The first-order valence-electron chi connectivity index (χ1n) is 8.81. The number of carboxylic acids is 1. The Labute approximate surface area is 156 Å². The highest BCUT2D eigenvalue weighted by atomic mass is 16.5. The van der Waals surface area contributed by atoms with Gasteiger partial charge in [-0.25, -0.2) is 0 Å². The summed E-state index contributed by atoms with van der Waals surface area (Å²) < 4.78 is 6.87. The molecule has 3 rings (SSSR count). The van der Waals surface area contributed by atoms with E-state index in [-0.39, 0.29) is 36.0 Å². The summed E-state index contributed by atoms with van der Waals surface area (Å²) in [6.45, 7) is 2.72. The Morgan fingerprint density at radius 2 is 1.96 bits per heavy atom. The predicted octanol–water partition coefficient (Wildman–Crippen LogP) is 1.82. The Hall–Kier alpha value is -3.09. The zero-order valence-corrected chi connectivity index (χ0v) is 15.3. The van der Waals surface area contributed by atoms with Crippen LogP contribution in [0.5, 0.6) is 5.75 Å². The first-order chi connectivity index (χ1) is 13.0. The number of pyridine rings is 1. The molecule has 1 fully saturated rings. The second-order valence-corrected chi connectivity index (χ2v) is 6.54. The van der Waals surface area contributed by atoms with E-state index in [1.165, 1.54) is 22.6 Å². The highest BCUT2D eigenvalue weighted by Crippen LogP contribution is 2.38. The van der Waals surface area contributed by atoms with E-state index in [0.29, 0.717) is 12.3 Å². The topological polar surface area (TPSA) is 88.8 Å². The first-order valence-corrected chi connectivity index (χ1v) is 8.81. The van der Waals surface area contributed by atoms with E-state index >= 15 is 0 Å². The molecule has 27 heavy (non-hydrogen) atoms. The van der Waals surface area contributed by atoms with Gasteiger partial charge in [0.25, 0.3) is 11.5 Å². The number of benzene rings is 1. The monoisotopic (exact) mass is 370 g/mol. The number of amides is 1. The third-order valence-electron chi connectivity index (χ3n) is 5.05. The summed E-state index contributed by atoms with van der Waals surface area (Å²) in [5.74, 6) is -1.80. The number of methoxy groups -OCH3 is 1. The van der Waals surface area contributed by atoms with Crippen LogP contribution in [0.25, 0.3) is 0 Å². The average molecular weight is 370 g/mol. The van der Waals surface area contributed by atoms with Crippen molar-refractivity contribution in [3.63, 3.8) is 0 Å². The highest BCUT2D eigenvalue weighted by molar-refractivity contribution is 5.94. The van der Waals surface area contributed by atoms with Gasteiger partial charge in [0.2, 0.25) is 0 Å². The van der Waals surface area contributed by atoms with Crippen LogP contribution in [0.4, 0.5) is 0 Å². The van der Waals surface area contributed by atoms with Gasteiger partial charge in [0.05, 0.1) is 13.0 Å². The minimum atomic E-state index is -0.956. The van der Waals surface area contributed by atoms with Crippen molar-refractivity contribution in [1.29, 1.82) is 0 Å². The minimum Gasteiger partial charge on any atom is -0.496 e. The molecule has 2 atom stereocenters. The molecule has 0 radical (unpaired) electrons. The molecule has 1 aromatic carbocycles. The number of carbonyl (C=O) groups is 2. The maximum absolute atomic E-state index is 12.9. The second kappa shape index (κ2) is 7.65. The SMILES string of the molecule is CCn1ccc(C(=O)N2C[C@H](C(=O)O)[C@@H](c3ccccc3OC)C2)cc1=O. The molecule has 0 bridgehead atoms. The maximum Gasteiger partial charge on any atom is 0.308 e. The van der Waals surface area contributed by atoms with Gasteiger partial charge in [-0.1, -0.05) is 18.2 Å². The lowest BCUT2D eigenvalue weighted by molar-refractivity contribution is -0.141. The first kappa shape index (κ1) is 18.7. The van der Waals surface area contributed by atoms with Crippen LogP contribution in [-0.4, -0.2) is 46.6 Å². The molecule has 0 aliphatic carbocycles. The number of rotatable bonds is 5. The van der Waals surface area contributed by atoms with Gasteiger partial charge in [0.15, 0.2) is 0 Å². The van der Waals surface area contributed by atoms with E-state index in [1.54, 1.807) is 18.3 Å². The Balaban J connectivity index is 1.90. The molecular weight excluding hydrogens is 348 g/mol. The number of aryl methyl sites for hydroxylation is 1. The molecule has 7 heteroatoms. The van der Waals surface area contributed by atoms with Crippen molar-refractivity contribution in [1.82, 2.24) is 9.47 Å². The number of ether oxygens (including phenoxy) is 1. The number of hydrogen-bond acceptors (Lipinski definition) is 4. The number of para-hydroxylation sites is 1. The van der Waals surface area contributed by atoms with Crippen LogP contribution in [0.3, 0.4) is 0 Å². The summed E-state index contributed by atoms with van der Waals surface area (Å²) in [5.41, 5.74) is 0.789. The fourth-order valence-electron chi connectivity index (χ4n) is 3.59. The largest absolute Gasteiger partial charge is 0.496 e. The standard InChI is InChI=1S/C20H22N2O5/c1-3-21-9-8-13(10-18(21)23)19(24)22-11-15(16(12-22)20(25)26)14-6-4-5-7-17(14)27-2/h4-10,15-16H,3,11-12H2,1-2H3,(H,25,26)/t15-,16+/m1/s1. The Morgan fingerprint density at radius 1 is 1.22 bits per heavy atom. The van der Waals surface area contributed by atoms with Crippen LogP contribution in [-0.2, 0) is 11.3 Å². The molecule has 142 valence electrons. The minimum absolute atomic E-state index is 0.0910. The van der Waals surface area contributed by atoms with Crippen LogP contribution in [0.2, 0.25) is 0 Å².